The van der Waals surface area contributed by atoms with Gasteiger partial charge >= 0.3 is 0 Å². The fourth-order valence-electron chi connectivity index (χ4n) is 2.33. The largest absolute Gasteiger partial charge is 0.245 e. The third-order valence-electron chi connectivity index (χ3n) is 3.39. The van der Waals surface area contributed by atoms with Gasteiger partial charge in [-0.25, -0.2) is 9.97 Å². The summed E-state index contributed by atoms with van der Waals surface area (Å²) in [5.74, 6) is 0. The number of hydrogen-bond donors (Lipinski definition) is 0. The van der Waals surface area contributed by atoms with Crippen LogP contribution in [0.4, 0.5) is 0 Å². The summed E-state index contributed by atoms with van der Waals surface area (Å²) in [6.07, 6.45) is 0. The van der Waals surface area contributed by atoms with Gasteiger partial charge in [0.2, 0.25) is 0 Å². The molecule has 4 heteroatoms. The fraction of sp³-hybridized carbons (Fsp3) is 0. The summed E-state index contributed by atoms with van der Waals surface area (Å²) in [5.41, 5.74) is 3.86. The highest BCUT2D eigenvalue weighted by atomic mass is 35.5. The van der Waals surface area contributed by atoms with Gasteiger partial charge in [-0.2, -0.15) is 0 Å². The lowest BCUT2D eigenvalue weighted by atomic mass is 10.1. The highest BCUT2D eigenvalue weighted by Crippen LogP contribution is 2.31. The summed E-state index contributed by atoms with van der Waals surface area (Å²) >= 11 is 7.66. The first-order valence-electron chi connectivity index (χ1n) is 6.88. The van der Waals surface area contributed by atoms with Crippen molar-refractivity contribution in [3.05, 3.63) is 71.8 Å². The topological polar surface area (TPSA) is 25.8 Å². The van der Waals surface area contributed by atoms with Gasteiger partial charge in [-0.3, -0.25) is 0 Å². The molecule has 0 saturated carbocycles. The van der Waals surface area contributed by atoms with Crippen LogP contribution in [-0.2, 0) is 0 Å². The Balaban J connectivity index is 1.81. The van der Waals surface area contributed by atoms with Crippen LogP contribution in [-0.4, -0.2) is 9.97 Å². The number of hydrogen-bond acceptors (Lipinski definition) is 3. The van der Waals surface area contributed by atoms with E-state index in [0.717, 1.165) is 32.2 Å². The first-order chi connectivity index (χ1) is 10.8. The minimum Gasteiger partial charge on any atom is -0.245 e. The van der Waals surface area contributed by atoms with Gasteiger partial charge in [0, 0.05) is 10.6 Å². The second kappa shape index (κ2) is 5.52. The number of thiazole rings is 1. The predicted molar refractivity (Wildman–Crippen MR) is 93.3 cm³/mol. The molecule has 0 atom stereocenters. The first-order valence-corrected chi connectivity index (χ1v) is 8.08. The third kappa shape index (κ3) is 2.49. The second-order valence-electron chi connectivity index (χ2n) is 4.91. The molecule has 106 valence electrons. The van der Waals surface area contributed by atoms with E-state index in [2.05, 4.69) is 17.1 Å². The molecule has 0 radical (unpaired) electrons. The van der Waals surface area contributed by atoms with Crippen molar-refractivity contribution in [3.8, 4) is 22.0 Å². The molecule has 0 bridgehead atoms. The van der Waals surface area contributed by atoms with Gasteiger partial charge in [0.05, 0.1) is 21.6 Å². The van der Waals surface area contributed by atoms with Crippen molar-refractivity contribution in [2.45, 2.75) is 0 Å². The van der Waals surface area contributed by atoms with Crippen LogP contribution < -0.4 is 0 Å². The van der Waals surface area contributed by atoms with E-state index in [1.165, 1.54) is 0 Å². The molecule has 0 aliphatic heterocycles. The van der Waals surface area contributed by atoms with Gasteiger partial charge in [0.25, 0.3) is 0 Å². The number of rotatable bonds is 2. The van der Waals surface area contributed by atoms with Crippen LogP contribution in [0, 0.1) is 0 Å². The highest BCUT2D eigenvalue weighted by Gasteiger charge is 2.09. The molecular weight excluding hydrogens is 312 g/mol. The monoisotopic (exact) mass is 322 g/mol. The zero-order chi connectivity index (χ0) is 14.9. The van der Waals surface area contributed by atoms with E-state index in [1.807, 2.05) is 54.6 Å². The number of aromatic nitrogens is 2. The maximum atomic E-state index is 6.03. The number of fused-ring (bicyclic) bond motifs is 1. The Morgan fingerprint density at radius 1 is 0.773 bits per heavy atom. The maximum absolute atomic E-state index is 6.03. The van der Waals surface area contributed by atoms with Gasteiger partial charge in [-0.05, 0) is 30.3 Å². The van der Waals surface area contributed by atoms with Crippen LogP contribution in [0.2, 0.25) is 5.02 Å². The zero-order valence-electron chi connectivity index (χ0n) is 11.5. The molecule has 0 spiro atoms. The van der Waals surface area contributed by atoms with Crippen molar-refractivity contribution in [1.29, 1.82) is 0 Å². The second-order valence-corrected chi connectivity index (χ2v) is 6.37. The Hall–Kier alpha value is -2.23. The van der Waals surface area contributed by atoms with E-state index in [-0.39, 0.29) is 0 Å². The SMILES string of the molecule is Clc1ccc2sc(-c3cccc(-c4ccccc4)n3)nc2c1. The molecule has 0 amide bonds. The van der Waals surface area contributed by atoms with E-state index in [4.69, 9.17) is 16.6 Å². The lowest BCUT2D eigenvalue weighted by molar-refractivity contribution is 1.30. The lowest BCUT2D eigenvalue weighted by Crippen LogP contribution is -1.86. The van der Waals surface area contributed by atoms with Gasteiger partial charge in [-0.15, -0.1) is 11.3 Å². The Morgan fingerprint density at radius 2 is 1.59 bits per heavy atom. The number of nitrogens with zero attached hydrogens (tertiary/aromatic N) is 2. The minimum absolute atomic E-state index is 0.704. The summed E-state index contributed by atoms with van der Waals surface area (Å²) in [5, 5.41) is 1.62. The van der Waals surface area contributed by atoms with E-state index in [9.17, 15) is 0 Å². The van der Waals surface area contributed by atoms with Gasteiger partial charge in [0.15, 0.2) is 0 Å². The lowest BCUT2D eigenvalue weighted by Gasteiger charge is -2.02. The third-order valence-corrected chi connectivity index (χ3v) is 4.68. The van der Waals surface area contributed by atoms with E-state index in [0.29, 0.717) is 5.02 Å². The Bertz CT molecular complexity index is 948. The molecule has 4 aromatic rings. The molecule has 2 nitrogen and oxygen atoms in total. The molecule has 2 heterocycles. The van der Waals surface area contributed by atoms with Crippen molar-refractivity contribution in [2.75, 3.05) is 0 Å². The number of halogens is 1. The van der Waals surface area contributed by atoms with Gasteiger partial charge < -0.3 is 0 Å². The smallest absolute Gasteiger partial charge is 0.143 e. The summed E-state index contributed by atoms with van der Waals surface area (Å²) < 4.78 is 1.12. The fourth-order valence-corrected chi connectivity index (χ4v) is 3.42. The Kier molecular flexibility index (Phi) is 3.37. The quantitative estimate of drug-likeness (QED) is 0.474. The maximum Gasteiger partial charge on any atom is 0.143 e. The van der Waals surface area contributed by atoms with Crippen LogP contribution in [0.15, 0.2) is 66.7 Å². The summed E-state index contributed by atoms with van der Waals surface area (Å²) in [6, 6.07) is 22.0. The average Bonchev–Trinajstić information content (AvgIpc) is 2.99. The number of benzene rings is 2. The van der Waals surface area contributed by atoms with Crippen molar-refractivity contribution in [3.63, 3.8) is 0 Å². The molecular formula is C18H11ClN2S. The van der Waals surface area contributed by atoms with Crippen molar-refractivity contribution < 1.29 is 0 Å². The van der Waals surface area contributed by atoms with Crippen LogP contribution in [0.25, 0.3) is 32.2 Å². The molecule has 4 rings (SSSR count). The van der Waals surface area contributed by atoms with E-state index in [1.54, 1.807) is 11.3 Å². The summed E-state index contributed by atoms with van der Waals surface area (Å²) in [4.78, 5) is 9.40. The van der Waals surface area contributed by atoms with E-state index >= 15 is 0 Å². The molecule has 0 unspecified atom stereocenters. The predicted octanol–water partition coefficient (Wildman–Crippen LogP) is 5.68. The molecule has 0 fully saturated rings. The van der Waals surface area contributed by atoms with E-state index < -0.39 is 0 Å². The molecule has 2 aromatic carbocycles. The first kappa shape index (κ1) is 13.4. The summed E-state index contributed by atoms with van der Waals surface area (Å²) in [6.45, 7) is 0. The average molecular weight is 323 g/mol. The molecule has 22 heavy (non-hydrogen) atoms. The van der Waals surface area contributed by atoms with Crippen LogP contribution in [0.5, 0.6) is 0 Å². The Morgan fingerprint density at radius 3 is 2.45 bits per heavy atom. The van der Waals surface area contributed by atoms with Crippen LogP contribution >= 0.6 is 22.9 Å². The molecule has 0 N–H and O–H groups in total. The highest BCUT2D eigenvalue weighted by molar-refractivity contribution is 7.21. The van der Waals surface area contributed by atoms with Crippen LogP contribution in [0.3, 0.4) is 0 Å². The minimum atomic E-state index is 0.704. The molecule has 0 aliphatic rings. The standard InChI is InChI=1S/C18H11ClN2S/c19-13-9-10-17-16(11-13)21-18(22-17)15-8-4-7-14(20-15)12-5-2-1-3-6-12/h1-11H. The van der Waals surface area contributed by atoms with Crippen LogP contribution in [0.1, 0.15) is 0 Å². The molecule has 2 aromatic heterocycles. The zero-order valence-corrected chi connectivity index (χ0v) is 13.1. The summed E-state index contributed by atoms with van der Waals surface area (Å²) in [7, 11) is 0. The molecule has 0 saturated heterocycles. The molecule has 0 aliphatic carbocycles. The van der Waals surface area contributed by atoms with Crippen molar-refractivity contribution in [2.24, 2.45) is 0 Å². The van der Waals surface area contributed by atoms with Gasteiger partial charge in [0.1, 0.15) is 5.01 Å². The van der Waals surface area contributed by atoms with Crippen molar-refractivity contribution >= 4 is 33.2 Å². The van der Waals surface area contributed by atoms with Gasteiger partial charge in [-0.1, -0.05) is 48.0 Å². The number of pyridine rings is 1. The normalized spacial score (nSPS) is 11.0. The Labute approximate surface area is 137 Å². The van der Waals surface area contributed by atoms with Crippen molar-refractivity contribution in [1.82, 2.24) is 9.97 Å².